The predicted octanol–water partition coefficient (Wildman–Crippen LogP) is 1.52. The van der Waals surface area contributed by atoms with Crippen molar-refractivity contribution in [3.63, 3.8) is 0 Å². The molecule has 120 valence electrons. The molecule has 6 nitrogen and oxygen atoms in total. The number of ether oxygens (including phenoxy) is 1. The Labute approximate surface area is 134 Å². The van der Waals surface area contributed by atoms with Crippen molar-refractivity contribution < 1.29 is 14.3 Å². The summed E-state index contributed by atoms with van der Waals surface area (Å²) in [6.45, 7) is 0.578. The number of esters is 1. The number of carbonyl (C=O) groups excluding carboxylic acids is 2. The monoisotopic (exact) mass is 313 g/mol. The molecule has 1 saturated heterocycles. The van der Waals surface area contributed by atoms with Crippen LogP contribution in [0.5, 0.6) is 0 Å². The number of rotatable bonds is 3. The Morgan fingerprint density at radius 2 is 2.17 bits per heavy atom. The van der Waals surface area contributed by atoms with Crippen molar-refractivity contribution in [2.75, 3.05) is 19.4 Å². The van der Waals surface area contributed by atoms with Crippen molar-refractivity contribution in [2.24, 2.45) is 0 Å². The summed E-state index contributed by atoms with van der Waals surface area (Å²) in [7, 11) is 1.34. The number of aromatic nitrogens is 1. The number of nitrogen functional groups attached to an aromatic ring is 1. The first-order valence-corrected chi connectivity index (χ1v) is 7.61. The largest absolute Gasteiger partial charge is 0.467 e. The lowest BCUT2D eigenvalue weighted by atomic mass is 10.1. The Morgan fingerprint density at radius 3 is 2.96 bits per heavy atom. The Hall–Kier alpha value is -2.63. The molecule has 1 atom stereocenters. The molecule has 0 radical (unpaired) electrons. The summed E-state index contributed by atoms with van der Waals surface area (Å²) >= 11 is 0. The Kier molecular flexibility index (Phi) is 4.14. The number of hydrogen-bond donors (Lipinski definition) is 1. The van der Waals surface area contributed by atoms with Gasteiger partial charge in [-0.15, -0.1) is 0 Å². The number of benzene rings is 1. The quantitative estimate of drug-likeness (QED) is 0.686. The minimum Gasteiger partial charge on any atom is -0.467 e. The summed E-state index contributed by atoms with van der Waals surface area (Å²) in [5.74, 6) is -0.467. The number of likely N-dealkylation sites (tertiary alicyclic amines) is 1. The first-order valence-electron chi connectivity index (χ1n) is 7.61. The van der Waals surface area contributed by atoms with Crippen LogP contribution in [0.3, 0.4) is 0 Å². The second-order valence-electron chi connectivity index (χ2n) is 5.67. The molecule has 0 aliphatic carbocycles. The van der Waals surface area contributed by atoms with Gasteiger partial charge in [0.05, 0.1) is 30.4 Å². The fraction of sp³-hybridized carbons (Fsp3) is 0.353. The van der Waals surface area contributed by atoms with E-state index in [1.54, 1.807) is 11.0 Å². The molecular formula is C17H19N3O3. The lowest BCUT2D eigenvalue weighted by Gasteiger charge is -2.22. The number of fused-ring (bicyclic) bond motifs is 1. The molecule has 23 heavy (non-hydrogen) atoms. The molecule has 2 aromatic rings. The maximum Gasteiger partial charge on any atom is 0.328 e. The van der Waals surface area contributed by atoms with Gasteiger partial charge in [0.25, 0.3) is 0 Å². The van der Waals surface area contributed by atoms with Crippen LogP contribution in [0.1, 0.15) is 18.5 Å². The molecule has 1 unspecified atom stereocenters. The zero-order chi connectivity index (χ0) is 16.4. The van der Waals surface area contributed by atoms with Gasteiger partial charge in [-0.05, 0) is 25.0 Å². The molecule has 2 heterocycles. The van der Waals surface area contributed by atoms with Crippen molar-refractivity contribution >= 4 is 28.5 Å². The number of carbonyl (C=O) groups is 2. The van der Waals surface area contributed by atoms with E-state index in [1.165, 1.54) is 7.11 Å². The summed E-state index contributed by atoms with van der Waals surface area (Å²) in [5, 5.41) is 0.940. The number of amides is 1. The highest BCUT2D eigenvalue weighted by Gasteiger charge is 2.34. The van der Waals surface area contributed by atoms with Crippen LogP contribution in [0.15, 0.2) is 30.3 Å². The third-order valence-electron chi connectivity index (χ3n) is 4.19. The molecule has 3 rings (SSSR count). The summed E-state index contributed by atoms with van der Waals surface area (Å²) < 4.78 is 4.77. The minimum absolute atomic E-state index is 0.112. The van der Waals surface area contributed by atoms with Crippen LogP contribution in [-0.2, 0) is 20.7 Å². The van der Waals surface area contributed by atoms with E-state index in [9.17, 15) is 9.59 Å². The van der Waals surface area contributed by atoms with E-state index in [4.69, 9.17) is 10.5 Å². The maximum atomic E-state index is 12.5. The molecule has 1 aromatic heterocycles. The van der Waals surface area contributed by atoms with Gasteiger partial charge in [0.1, 0.15) is 6.04 Å². The van der Waals surface area contributed by atoms with Crippen molar-refractivity contribution in [1.29, 1.82) is 0 Å². The average Bonchev–Trinajstić information content (AvgIpc) is 3.04. The number of pyridine rings is 1. The molecule has 1 aliphatic heterocycles. The van der Waals surface area contributed by atoms with Crippen molar-refractivity contribution in [1.82, 2.24) is 9.88 Å². The van der Waals surface area contributed by atoms with E-state index in [1.807, 2.05) is 24.3 Å². The zero-order valence-electron chi connectivity index (χ0n) is 13.0. The van der Waals surface area contributed by atoms with Gasteiger partial charge < -0.3 is 15.4 Å². The van der Waals surface area contributed by atoms with Crippen LogP contribution in [0.25, 0.3) is 10.9 Å². The number of nitrogens with two attached hydrogens (primary N) is 1. The predicted molar refractivity (Wildman–Crippen MR) is 86.6 cm³/mol. The second kappa shape index (κ2) is 6.24. The zero-order valence-corrected chi connectivity index (χ0v) is 13.0. The highest BCUT2D eigenvalue weighted by atomic mass is 16.5. The second-order valence-corrected chi connectivity index (χ2v) is 5.67. The highest BCUT2D eigenvalue weighted by Crippen LogP contribution is 2.22. The van der Waals surface area contributed by atoms with Crippen molar-refractivity contribution in [3.8, 4) is 0 Å². The van der Waals surface area contributed by atoms with Gasteiger partial charge in [-0.1, -0.05) is 18.2 Å². The molecule has 1 aromatic carbocycles. The van der Waals surface area contributed by atoms with Crippen LogP contribution in [0, 0.1) is 0 Å². The van der Waals surface area contributed by atoms with E-state index in [2.05, 4.69) is 4.98 Å². The SMILES string of the molecule is COC(=O)C1CCCN1C(=O)Cc1ccc2cccc(N)c2n1. The fourth-order valence-electron chi connectivity index (χ4n) is 3.01. The van der Waals surface area contributed by atoms with Gasteiger partial charge in [-0.3, -0.25) is 9.78 Å². The number of methoxy groups -OCH3 is 1. The molecular weight excluding hydrogens is 294 g/mol. The third kappa shape index (κ3) is 2.97. The smallest absolute Gasteiger partial charge is 0.328 e. The molecule has 6 heteroatoms. The summed E-state index contributed by atoms with van der Waals surface area (Å²) in [4.78, 5) is 30.3. The third-order valence-corrected chi connectivity index (χ3v) is 4.19. The number of nitrogens with zero attached hydrogens (tertiary/aromatic N) is 2. The van der Waals surface area contributed by atoms with Crippen molar-refractivity contribution in [3.05, 3.63) is 36.0 Å². The van der Waals surface area contributed by atoms with Crippen LogP contribution < -0.4 is 5.73 Å². The lowest BCUT2D eigenvalue weighted by Crippen LogP contribution is -2.41. The van der Waals surface area contributed by atoms with Gasteiger partial charge >= 0.3 is 5.97 Å². The van der Waals surface area contributed by atoms with E-state index in [-0.39, 0.29) is 18.3 Å². The summed E-state index contributed by atoms with van der Waals surface area (Å²) in [6, 6.07) is 8.84. The maximum absolute atomic E-state index is 12.5. The molecule has 1 aliphatic rings. The van der Waals surface area contributed by atoms with Gasteiger partial charge in [0.2, 0.25) is 5.91 Å². The standard InChI is InChI=1S/C17H19N3O3/c1-23-17(22)14-6-3-9-20(14)15(21)10-12-8-7-11-4-2-5-13(18)16(11)19-12/h2,4-5,7-8,14H,3,6,9-10,18H2,1H3. The number of hydrogen-bond acceptors (Lipinski definition) is 5. The van der Waals surface area contributed by atoms with Gasteiger partial charge in [-0.25, -0.2) is 4.79 Å². The first-order chi connectivity index (χ1) is 11.1. The summed E-state index contributed by atoms with van der Waals surface area (Å²) in [6.07, 6.45) is 1.61. The van der Waals surface area contributed by atoms with Crippen LogP contribution in [0.2, 0.25) is 0 Å². The van der Waals surface area contributed by atoms with E-state index >= 15 is 0 Å². The average molecular weight is 313 g/mol. The Bertz CT molecular complexity index is 760. The van der Waals surface area contributed by atoms with E-state index in [0.29, 0.717) is 29.9 Å². The van der Waals surface area contributed by atoms with Gasteiger partial charge in [0, 0.05) is 11.9 Å². The highest BCUT2D eigenvalue weighted by molar-refractivity contribution is 5.90. The van der Waals surface area contributed by atoms with Crippen LogP contribution >= 0.6 is 0 Å². The number of para-hydroxylation sites is 1. The van der Waals surface area contributed by atoms with Crippen LogP contribution in [-0.4, -0.2) is 41.5 Å². The van der Waals surface area contributed by atoms with Gasteiger partial charge in [0.15, 0.2) is 0 Å². The normalized spacial score (nSPS) is 17.4. The molecule has 1 fully saturated rings. The lowest BCUT2D eigenvalue weighted by molar-refractivity contribution is -0.150. The molecule has 0 spiro atoms. The van der Waals surface area contributed by atoms with Crippen molar-refractivity contribution in [2.45, 2.75) is 25.3 Å². The first kappa shape index (κ1) is 15.3. The molecule has 0 bridgehead atoms. The van der Waals surface area contributed by atoms with E-state index in [0.717, 1.165) is 11.8 Å². The fourth-order valence-corrected chi connectivity index (χ4v) is 3.01. The van der Waals surface area contributed by atoms with E-state index < -0.39 is 6.04 Å². The summed E-state index contributed by atoms with van der Waals surface area (Å²) in [5.41, 5.74) is 7.87. The molecule has 0 saturated carbocycles. The Morgan fingerprint density at radius 1 is 1.35 bits per heavy atom. The molecule has 2 N–H and O–H groups in total. The van der Waals surface area contributed by atoms with Gasteiger partial charge in [-0.2, -0.15) is 0 Å². The number of anilines is 1. The molecule has 1 amide bonds. The minimum atomic E-state index is -0.474. The topological polar surface area (TPSA) is 85.5 Å². The van der Waals surface area contributed by atoms with Crippen LogP contribution in [0.4, 0.5) is 5.69 Å². The Balaban J connectivity index is 1.80.